The van der Waals surface area contributed by atoms with Crippen molar-refractivity contribution < 1.29 is 13.9 Å². The second kappa shape index (κ2) is 10.1. The van der Waals surface area contributed by atoms with Crippen LogP contribution in [-0.4, -0.2) is 7.11 Å². The van der Waals surface area contributed by atoms with Crippen molar-refractivity contribution in [3.8, 4) is 17.6 Å². The van der Waals surface area contributed by atoms with Crippen LogP contribution in [0.3, 0.4) is 0 Å². The molecule has 0 saturated carbocycles. The molecule has 4 heteroatoms. The summed E-state index contributed by atoms with van der Waals surface area (Å²) in [5.41, 5.74) is 3.98. The maximum atomic E-state index is 13.1. The number of hydrogen-bond donors (Lipinski definition) is 0. The molecule has 0 amide bonds. The molecule has 0 aliphatic heterocycles. The maximum absolute atomic E-state index is 13.1. The van der Waals surface area contributed by atoms with Crippen molar-refractivity contribution in [1.29, 1.82) is 5.26 Å². The Morgan fingerprint density at radius 1 is 1.10 bits per heavy atom. The second-order valence-corrected chi connectivity index (χ2v) is 6.66. The third kappa shape index (κ3) is 5.15. The number of nitrogens with zero attached hydrogens (tertiary/aromatic N) is 1. The first-order chi connectivity index (χ1) is 14.6. The molecule has 3 aromatic carbocycles. The van der Waals surface area contributed by atoms with Gasteiger partial charge in [-0.15, -0.1) is 6.58 Å². The van der Waals surface area contributed by atoms with Gasteiger partial charge in [-0.1, -0.05) is 48.5 Å². The van der Waals surface area contributed by atoms with Gasteiger partial charge in [-0.25, -0.2) is 4.39 Å². The fourth-order valence-electron chi connectivity index (χ4n) is 3.09. The van der Waals surface area contributed by atoms with Crippen LogP contribution >= 0.6 is 0 Å². The maximum Gasteiger partial charge on any atom is 0.165 e. The van der Waals surface area contributed by atoms with E-state index in [0.29, 0.717) is 23.5 Å². The zero-order valence-electron chi connectivity index (χ0n) is 16.8. The summed E-state index contributed by atoms with van der Waals surface area (Å²) in [6, 6.07) is 21.8. The fourth-order valence-corrected chi connectivity index (χ4v) is 3.09. The van der Waals surface area contributed by atoms with Crippen LogP contribution < -0.4 is 9.47 Å². The second-order valence-electron chi connectivity index (χ2n) is 6.66. The van der Waals surface area contributed by atoms with Gasteiger partial charge in [0.1, 0.15) is 12.4 Å². The molecule has 3 rings (SSSR count). The first-order valence-corrected chi connectivity index (χ1v) is 9.51. The lowest BCUT2D eigenvalue weighted by molar-refractivity contribution is 0.282. The summed E-state index contributed by atoms with van der Waals surface area (Å²) in [6.07, 6.45) is 4.19. The van der Waals surface area contributed by atoms with Gasteiger partial charge in [0.05, 0.1) is 18.8 Å². The summed E-state index contributed by atoms with van der Waals surface area (Å²) in [6.45, 7) is 4.11. The van der Waals surface area contributed by atoms with E-state index in [9.17, 15) is 9.65 Å². The van der Waals surface area contributed by atoms with Crippen LogP contribution in [-0.2, 0) is 13.0 Å². The quantitative estimate of drug-likeness (QED) is 0.257. The molecule has 0 atom stereocenters. The molecule has 0 aliphatic carbocycles. The Balaban J connectivity index is 1.96. The van der Waals surface area contributed by atoms with Crippen LogP contribution in [0.4, 0.5) is 4.39 Å². The molecule has 0 unspecified atom stereocenters. The number of ether oxygens (including phenoxy) is 2. The molecule has 0 spiro atoms. The van der Waals surface area contributed by atoms with E-state index < -0.39 is 0 Å². The van der Waals surface area contributed by atoms with Gasteiger partial charge in [0.2, 0.25) is 0 Å². The third-order valence-corrected chi connectivity index (χ3v) is 4.55. The first kappa shape index (κ1) is 20.9. The normalized spacial score (nSPS) is 10.9. The zero-order valence-corrected chi connectivity index (χ0v) is 16.8. The number of halogens is 1. The molecule has 3 nitrogen and oxygen atoms in total. The minimum atomic E-state index is -0.286. The smallest absolute Gasteiger partial charge is 0.165 e. The van der Waals surface area contributed by atoms with Gasteiger partial charge in [-0.05, 0) is 53.5 Å². The molecule has 0 aliphatic rings. The molecule has 0 aromatic heterocycles. The van der Waals surface area contributed by atoms with Crippen molar-refractivity contribution in [3.63, 3.8) is 0 Å². The fraction of sp³-hybridized carbons (Fsp3) is 0.115. The van der Waals surface area contributed by atoms with Crippen LogP contribution in [0.15, 0.2) is 79.4 Å². The van der Waals surface area contributed by atoms with Gasteiger partial charge < -0.3 is 9.47 Å². The molecule has 3 aromatic rings. The Morgan fingerprint density at radius 2 is 1.83 bits per heavy atom. The van der Waals surface area contributed by atoms with Crippen molar-refractivity contribution in [2.45, 2.75) is 13.0 Å². The topological polar surface area (TPSA) is 42.2 Å². The molecular weight excluding hydrogens is 377 g/mol. The van der Waals surface area contributed by atoms with Crippen LogP contribution in [0.5, 0.6) is 11.5 Å². The van der Waals surface area contributed by atoms with Gasteiger partial charge >= 0.3 is 0 Å². The van der Waals surface area contributed by atoms with Crippen LogP contribution in [0.2, 0.25) is 0 Å². The van der Waals surface area contributed by atoms with Gasteiger partial charge in [0, 0.05) is 5.56 Å². The Hall–Kier alpha value is -3.84. The van der Waals surface area contributed by atoms with E-state index in [1.165, 1.54) is 12.1 Å². The van der Waals surface area contributed by atoms with E-state index in [0.717, 1.165) is 22.3 Å². The lowest BCUT2D eigenvalue weighted by Gasteiger charge is -2.16. The molecule has 0 bridgehead atoms. The van der Waals surface area contributed by atoms with E-state index in [4.69, 9.17) is 9.47 Å². The largest absolute Gasteiger partial charge is 0.493 e. The van der Waals surface area contributed by atoms with Crippen molar-refractivity contribution in [1.82, 2.24) is 0 Å². The molecule has 0 saturated heterocycles. The van der Waals surface area contributed by atoms with Crippen LogP contribution in [0.1, 0.15) is 22.3 Å². The first-order valence-electron chi connectivity index (χ1n) is 9.51. The zero-order chi connectivity index (χ0) is 21.3. The number of nitriles is 1. The summed E-state index contributed by atoms with van der Waals surface area (Å²) in [4.78, 5) is 0. The Bertz CT molecular complexity index is 1080. The SMILES string of the molecule is C=CCc1cc(/C=C(\C#N)c2ccccc2)cc(OC)c1OCc1ccc(F)cc1. The Morgan fingerprint density at radius 3 is 2.47 bits per heavy atom. The number of benzene rings is 3. The molecule has 0 radical (unpaired) electrons. The minimum absolute atomic E-state index is 0.281. The Kier molecular flexibility index (Phi) is 7.02. The average molecular weight is 399 g/mol. The van der Waals surface area contributed by atoms with Crippen LogP contribution in [0.25, 0.3) is 11.6 Å². The number of allylic oxidation sites excluding steroid dienone is 2. The molecule has 0 fully saturated rings. The highest BCUT2D eigenvalue weighted by Gasteiger charge is 2.13. The molecule has 30 heavy (non-hydrogen) atoms. The van der Waals surface area contributed by atoms with Gasteiger partial charge in [0.25, 0.3) is 0 Å². The highest BCUT2D eigenvalue weighted by Crippen LogP contribution is 2.35. The molecule has 150 valence electrons. The summed E-state index contributed by atoms with van der Waals surface area (Å²) >= 11 is 0. The lowest BCUT2D eigenvalue weighted by Crippen LogP contribution is -2.02. The van der Waals surface area contributed by atoms with Gasteiger partial charge in [-0.3, -0.25) is 0 Å². The molecule has 0 heterocycles. The highest BCUT2D eigenvalue weighted by molar-refractivity contribution is 5.90. The van der Waals surface area contributed by atoms with Crippen molar-refractivity contribution >= 4 is 11.6 Å². The van der Waals surface area contributed by atoms with E-state index in [1.54, 1.807) is 25.3 Å². The molecule has 0 N–H and O–H groups in total. The van der Waals surface area contributed by atoms with Crippen molar-refractivity contribution in [2.75, 3.05) is 7.11 Å². The van der Waals surface area contributed by atoms with E-state index >= 15 is 0 Å². The van der Waals surface area contributed by atoms with Gasteiger partial charge in [0.15, 0.2) is 11.5 Å². The average Bonchev–Trinajstić information content (AvgIpc) is 2.78. The van der Waals surface area contributed by atoms with Gasteiger partial charge in [-0.2, -0.15) is 5.26 Å². The highest BCUT2D eigenvalue weighted by atomic mass is 19.1. The standard InChI is InChI=1S/C26H22FNO2/c1-3-7-22-14-20(15-23(17-28)21-8-5-4-6-9-21)16-25(29-2)26(22)30-18-19-10-12-24(27)13-11-19/h3-6,8-16H,1,7,18H2,2H3/b23-15+. The summed E-state index contributed by atoms with van der Waals surface area (Å²) in [7, 11) is 1.58. The summed E-state index contributed by atoms with van der Waals surface area (Å²) in [5, 5.41) is 9.61. The third-order valence-electron chi connectivity index (χ3n) is 4.55. The van der Waals surface area contributed by atoms with E-state index in [1.807, 2.05) is 48.5 Å². The van der Waals surface area contributed by atoms with E-state index in [2.05, 4.69) is 12.6 Å². The monoisotopic (exact) mass is 399 g/mol. The van der Waals surface area contributed by atoms with Crippen molar-refractivity contribution in [2.24, 2.45) is 0 Å². The van der Waals surface area contributed by atoms with E-state index in [-0.39, 0.29) is 12.4 Å². The number of methoxy groups -OCH3 is 1. The number of hydrogen-bond acceptors (Lipinski definition) is 3. The number of rotatable bonds is 8. The summed E-state index contributed by atoms with van der Waals surface area (Å²) in [5.74, 6) is 0.886. The Labute approximate surface area is 176 Å². The minimum Gasteiger partial charge on any atom is -0.493 e. The predicted molar refractivity (Wildman–Crippen MR) is 118 cm³/mol. The lowest BCUT2D eigenvalue weighted by atomic mass is 10.0. The van der Waals surface area contributed by atoms with Crippen molar-refractivity contribution in [3.05, 3.63) is 107 Å². The summed E-state index contributed by atoms with van der Waals surface area (Å²) < 4.78 is 24.7. The van der Waals surface area contributed by atoms with Crippen LogP contribution in [0, 0.1) is 17.1 Å². The predicted octanol–water partition coefficient (Wildman–Crippen LogP) is 6.21. The molecular formula is C26H22FNO2.